The monoisotopic (exact) mass is 222 g/mol. The van der Waals surface area contributed by atoms with E-state index in [9.17, 15) is 8.42 Å². The molecule has 5 nitrogen and oxygen atoms in total. The topological polar surface area (TPSA) is 72.6 Å². The van der Waals surface area contributed by atoms with Crippen molar-refractivity contribution in [1.82, 2.24) is 4.90 Å². The van der Waals surface area contributed by atoms with Crippen LogP contribution >= 0.6 is 0 Å². The van der Waals surface area contributed by atoms with Crippen molar-refractivity contribution in [2.24, 2.45) is 5.14 Å². The maximum absolute atomic E-state index is 10.7. The van der Waals surface area contributed by atoms with Crippen LogP contribution in [0.5, 0.6) is 0 Å². The first-order valence-corrected chi connectivity index (χ1v) is 6.53. The summed E-state index contributed by atoms with van der Waals surface area (Å²) in [4.78, 5) is 2.21. The number of hydrogen-bond acceptors (Lipinski definition) is 4. The fourth-order valence-electron chi connectivity index (χ4n) is 1.58. The molecule has 1 heterocycles. The van der Waals surface area contributed by atoms with E-state index in [1.165, 1.54) is 0 Å². The van der Waals surface area contributed by atoms with Crippen LogP contribution in [0, 0.1) is 0 Å². The lowest BCUT2D eigenvalue weighted by Gasteiger charge is -2.30. The van der Waals surface area contributed by atoms with Crippen LogP contribution in [-0.2, 0) is 14.8 Å². The van der Waals surface area contributed by atoms with Crippen LogP contribution in [0.3, 0.4) is 0 Å². The minimum atomic E-state index is -3.30. The molecule has 6 heteroatoms. The summed E-state index contributed by atoms with van der Waals surface area (Å²) >= 11 is 0. The molecule has 1 saturated heterocycles. The third-order valence-corrected chi connectivity index (χ3v) is 3.09. The lowest BCUT2D eigenvalue weighted by atomic mass is 10.3. The highest BCUT2D eigenvalue weighted by Crippen LogP contribution is 2.04. The standard InChI is InChI=1S/C8H18N2O3S/c1-8-7-10(4-5-13-8)3-2-6-14(9,11)12/h8H,2-7H2,1H3,(H2,9,11,12). The Morgan fingerprint density at radius 3 is 2.86 bits per heavy atom. The van der Waals surface area contributed by atoms with E-state index in [0.29, 0.717) is 6.42 Å². The summed E-state index contributed by atoms with van der Waals surface area (Å²) in [6.45, 7) is 5.30. The van der Waals surface area contributed by atoms with Crippen LogP contribution in [0.15, 0.2) is 0 Å². The Balaban J connectivity index is 2.18. The SMILES string of the molecule is CC1CN(CCCS(N)(=O)=O)CCO1. The second-order valence-corrected chi connectivity index (χ2v) is 5.44. The van der Waals surface area contributed by atoms with Crippen LogP contribution in [0.25, 0.3) is 0 Å². The molecule has 0 aromatic carbocycles. The van der Waals surface area contributed by atoms with Gasteiger partial charge in [0.2, 0.25) is 10.0 Å². The smallest absolute Gasteiger partial charge is 0.209 e. The average Bonchev–Trinajstić information content (AvgIpc) is 2.01. The molecular formula is C8H18N2O3S. The molecule has 1 aliphatic heterocycles. The Bertz CT molecular complexity index is 266. The van der Waals surface area contributed by atoms with Gasteiger partial charge in [0.25, 0.3) is 0 Å². The summed E-state index contributed by atoms with van der Waals surface area (Å²) in [5, 5.41) is 4.91. The zero-order valence-corrected chi connectivity index (χ0v) is 9.29. The highest BCUT2D eigenvalue weighted by atomic mass is 32.2. The van der Waals surface area contributed by atoms with Gasteiger partial charge < -0.3 is 4.74 Å². The van der Waals surface area contributed by atoms with Gasteiger partial charge in [-0.2, -0.15) is 0 Å². The molecule has 0 aromatic rings. The first-order valence-electron chi connectivity index (χ1n) is 4.82. The average molecular weight is 222 g/mol. The molecule has 2 N–H and O–H groups in total. The van der Waals surface area contributed by atoms with Crippen molar-refractivity contribution in [2.45, 2.75) is 19.4 Å². The summed E-state index contributed by atoms with van der Waals surface area (Å²) in [6.07, 6.45) is 0.851. The Morgan fingerprint density at radius 2 is 2.29 bits per heavy atom. The van der Waals surface area contributed by atoms with Crippen molar-refractivity contribution in [1.29, 1.82) is 0 Å². The summed E-state index contributed by atoms with van der Waals surface area (Å²) in [5.74, 6) is 0.0682. The summed E-state index contributed by atoms with van der Waals surface area (Å²) in [5.41, 5.74) is 0. The van der Waals surface area contributed by atoms with E-state index >= 15 is 0 Å². The van der Waals surface area contributed by atoms with Gasteiger partial charge in [0.05, 0.1) is 18.5 Å². The molecule has 1 fully saturated rings. The van der Waals surface area contributed by atoms with Gasteiger partial charge in [0.15, 0.2) is 0 Å². The van der Waals surface area contributed by atoms with Gasteiger partial charge in [-0.1, -0.05) is 0 Å². The van der Waals surface area contributed by atoms with Crippen LogP contribution in [0.2, 0.25) is 0 Å². The van der Waals surface area contributed by atoms with Gasteiger partial charge in [-0.25, -0.2) is 13.6 Å². The van der Waals surface area contributed by atoms with Gasteiger partial charge in [0, 0.05) is 13.1 Å². The van der Waals surface area contributed by atoms with Gasteiger partial charge in [-0.3, -0.25) is 4.90 Å². The number of rotatable bonds is 4. The van der Waals surface area contributed by atoms with E-state index in [1.54, 1.807) is 0 Å². The molecule has 0 aromatic heterocycles. The predicted octanol–water partition coefficient (Wildman–Crippen LogP) is -0.614. The normalized spacial score (nSPS) is 25.1. The fourth-order valence-corrected chi connectivity index (χ4v) is 2.11. The van der Waals surface area contributed by atoms with Crippen molar-refractivity contribution in [3.8, 4) is 0 Å². The molecule has 0 aliphatic carbocycles. The Morgan fingerprint density at radius 1 is 1.57 bits per heavy atom. The van der Waals surface area contributed by atoms with Crippen molar-refractivity contribution in [2.75, 3.05) is 32.0 Å². The molecule has 1 atom stereocenters. The summed E-state index contributed by atoms with van der Waals surface area (Å²) in [7, 11) is -3.30. The second kappa shape index (κ2) is 5.06. The zero-order valence-electron chi connectivity index (χ0n) is 8.48. The number of nitrogens with zero attached hydrogens (tertiary/aromatic N) is 1. The third-order valence-electron chi connectivity index (χ3n) is 2.23. The minimum Gasteiger partial charge on any atom is -0.376 e. The third kappa shape index (κ3) is 4.90. The largest absolute Gasteiger partial charge is 0.376 e. The first kappa shape index (κ1) is 11.9. The molecule has 0 radical (unpaired) electrons. The summed E-state index contributed by atoms with van der Waals surface area (Å²) in [6, 6.07) is 0. The molecular weight excluding hydrogens is 204 g/mol. The number of nitrogens with two attached hydrogens (primary N) is 1. The van der Waals surface area contributed by atoms with Crippen LogP contribution in [0.4, 0.5) is 0 Å². The predicted molar refractivity (Wildman–Crippen MR) is 54.4 cm³/mol. The highest BCUT2D eigenvalue weighted by Gasteiger charge is 2.16. The lowest BCUT2D eigenvalue weighted by Crippen LogP contribution is -2.41. The van der Waals surface area contributed by atoms with Crippen molar-refractivity contribution < 1.29 is 13.2 Å². The second-order valence-electron chi connectivity index (χ2n) is 3.70. The molecule has 14 heavy (non-hydrogen) atoms. The highest BCUT2D eigenvalue weighted by molar-refractivity contribution is 7.89. The van der Waals surface area contributed by atoms with E-state index in [4.69, 9.17) is 9.88 Å². The van der Waals surface area contributed by atoms with Gasteiger partial charge in [0.1, 0.15) is 0 Å². The number of morpholine rings is 1. The van der Waals surface area contributed by atoms with Crippen LogP contribution in [0.1, 0.15) is 13.3 Å². The lowest BCUT2D eigenvalue weighted by molar-refractivity contribution is -0.0179. The van der Waals surface area contributed by atoms with E-state index < -0.39 is 10.0 Å². The van der Waals surface area contributed by atoms with Crippen molar-refractivity contribution >= 4 is 10.0 Å². The number of ether oxygens (including phenoxy) is 1. The van der Waals surface area contributed by atoms with Crippen molar-refractivity contribution in [3.05, 3.63) is 0 Å². The zero-order chi connectivity index (χ0) is 10.6. The molecule has 1 aliphatic rings. The van der Waals surface area contributed by atoms with Gasteiger partial charge in [-0.05, 0) is 19.9 Å². The molecule has 1 rings (SSSR count). The molecule has 0 amide bonds. The van der Waals surface area contributed by atoms with Gasteiger partial charge in [-0.15, -0.1) is 0 Å². The molecule has 0 bridgehead atoms. The molecule has 0 spiro atoms. The maximum Gasteiger partial charge on any atom is 0.209 e. The Labute approximate surface area is 85.3 Å². The van der Waals surface area contributed by atoms with E-state index in [0.717, 1.165) is 26.2 Å². The summed E-state index contributed by atoms with van der Waals surface area (Å²) < 4.78 is 26.7. The Kier molecular flexibility index (Phi) is 4.31. The quantitative estimate of drug-likeness (QED) is 0.688. The van der Waals surface area contributed by atoms with E-state index in [1.807, 2.05) is 6.92 Å². The number of sulfonamides is 1. The van der Waals surface area contributed by atoms with Crippen LogP contribution in [-0.4, -0.2) is 51.4 Å². The van der Waals surface area contributed by atoms with Gasteiger partial charge >= 0.3 is 0 Å². The van der Waals surface area contributed by atoms with E-state index in [2.05, 4.69) is 4.90 Å². The molecule has 0 saturated carbocycles. The Hall–Kier alpha value is -0.170. The molecule has 84 valence electrons. The van der Waals surface area contributed by atoms with Crippen LogP contribution < -0.4 is 5.14 Å². The maximum atomic E-state index is 10.7. The minimum absolute atomic E-state index is 0.0682. The van der Waals surface area contributed by atoms with E-state index in [-0.39, 0.29) is 11.9 Å². The number of primary sulfonamides is 1. The fraction of sp³-hybridized carbons (Fsp3) is 1.00. The number of hydrogen-bond donors (Lipinski definition) is 1. The van der Waals surface area contributed by atoms with Crippen molar-refractivity contribution in [3.63, 3.8) is 0 Å². The first-order chi connectivity index (χ1) is 6.47. The molecule has 1 unspecified atom stereocenters.